The molecule has 0 saturated carbocycles. The van der Waals surface area contributed by atoms with Crippen LogP contribution >= 0.6 is 0 Å². The molecule has 1 aromatic heterocycles. The van der Waals surface area contributed by atoms with E-state index in [1.54, 1.807) is 0 Å². The van der Waals surface area contributed by atoms with Gasteiger partial charge in [-0.05, 0) is 25.5 Å². The Morgan fingerprint density at radius 1 is 1.44 bits per heavy atom. The summed E-state index contributed by atoms with van der Waals surface area (Å²) in [6, 6.07) is 8.35. The molecule has 0 bridgehead atoms. The van der Waals surface area contributed by atoms with E-state index >= 15 is 0 Å². The van der Waals surface area contributed by atoms with Gasteiger partial charge in [-0.15, -0.1) is 0 Å². The highest BCUT2D eigenvalue weighted by Crippen LogP contribution is 2.31. The number of para-hydroxylation sites is 2. The third-order valence-electron chi connectivity index (χ3n) is 3.29. The quantitative estimate of drug-likeness (QED) is 0.794. The number of anilines is 1. The van der Waals surface area contributed by atoms with E-state index in [1.165, 1.54) is 0 Å². The number of nitrogens with zero attached hydrogens (tertiary/aromatic N) is 2. The summed E-state index contributed by atoms with van der Waals surface area (Å²) in [5.74, 6) is 0.587. The van der Waals surface area contributed by atoms with Gasteiger partial charge in [-0.1, -0.05) is 12.1 Å². The van der Waals surface area contributed by atoms with Crippen LogP contribution in [0, 0.1) is 0 Å². The van der Waals surface area contributed by atoms with Crippen LogP contribution in [0.25, 0.3) is 11.0 Å². The summed E-state index contributed by atoms with van der Waals surface area (Å²) in [4.78, 5) is 4.38. The first-order valence-corrected chi connectivity index (χ1v) is 5.61. The van der Waals surface area contributed by atoms with E-state index in [4.69, 9.17) is 10.5 Å². The first-order valence-electron chi connectivity index (χ1n) is 5.61. The van der Waals surface area contributed by atoms with Crippen molar-refractivity contribution in [1.29, 1.82) is 0 Å². The Kier molecular flexibility index (Phi) is 2.11. The SMILES string of the molecule is CC1OCCC1n1c(N)nc2ccccc21. The minimum atomic E-state index is 0.208. The van der Waals surface area contributed by atoms with Crippen molar-refractivity contribution in [2.45, 2.75) is 25.5 Å². The van der Waals surface area contributed by atoms with E-state index in [-0.39, 0.29) is 6.10 Å². The van der Waals surface area contributed by atoms with Crippen LogP contribution in [0.5, 0.6) is 0 Å². The number of benzene rings is 1. The predicted molar refractivity (Wildman–Crippen MR) is 63.2 cm³/mol. The maximum atomic E-state index is 5.99. The van der Waals surface area contributed by atoms with Crippen LogP contribution in [0.2, 0.25) is 0 Å². The average Bonchev–Trinajstić information content (AvgIpc) is 2.81. The van der Waals surface area contributed by atoms with Crippen molar-refractivity contribution in [3.8, 4) is 0 Å². The summed E-state index contributed by atoms with van der Waals surface area (Å²) in [5, 5.41) is 0. The van der Waals surface area contributed by atoms with Crippen LogP contribution in [0.4, 0.5) is 5.95 Å². The highest BCUT2D eigenvalue weighted by Gasteiger charge is 2.28. The van der Waals surface area contributed by atoms with Gasteiger partial charge >= 0.3 is 0 Å². The third-order valence-corrected chi connectivity index (χ3v) is 3.29. The summed E-state index contributed by atoms with van der Waals surface area (Å²) in [7, 11) is 0. The molecule has 2 atom stereocenters. The highest BCUT2D eigenvalue weighted by atomic mass is 16.5. The summed E-state index contributed by atoms with van der Waals surface area (Å²) in [5.41, 5.74) is 8.05. The van der Waals surface area contributed by atoms with Crippen LogP contribution in [0.15, 0.2) is 24.3 Å². The first-order chi connectivity index (χ1) is 7.77. The minimum Gasteiger partial charge on any atom is -0.376 e. The fraction of sp³-hybridized carbons (Fsp3) is 0.417. The summed E-state index contributed by atoms with van der Waals surface area (Å²) < 4.78 is 7.69. The number of hydrogen-bond acceptors (Lipinski definition) is 3. The van der Waals surface area contributed by atoms with Crippen molar-refractivity contribution in [3.05, 3.63) is 24.3 Å². The lowest BCUT2D eigenvalue weighted by atomic mass is 10.1. The van der Waals surface area contributed by atoms with Crippen molar-refractivity contribution >= 4 is 17.0 Å². The van der Waals surface area contributed by atoms with Crippen molar-refractivity contribution in [3.63, 3.8) is 0 Å². The fourth-order valence-electron chi connectivity index (χ4n) is 2.47. The molecule has 0 radical (unpaired) electrons. The summed E-state index contributed by atoms with van der Waals surface area (Å²) in [6.07, 6.45) is 1.21. The second-order valence-corrected chi connectivity index (χ2v) is 4.26. The van der Waals surface area contributed by atoms with Gasteiger partial charge in [0, 0.05) is 6.61 Å². The maximum absolute atomic E-state index is 5.99. The molecule has 2 aromatic rings. The fourth-order valence-corrected chi connectivity index (χ4v) is 2.47. The Morgan fingerprint density at radius 2 is 2.25 bits per heavy atom. The smallest absolute Gasteiger partial charge is 0.201 e. The number of rotatable bonds is 1. The number of nitrogens with two attached hydrogens (primary N) is 1. The Morgan fingerprint density at radius 3 is 3.00 bits per heavy atom. The summed E-state index contributed by atoms with van der Waals surface area (Å²) in [6.45, 7) is 2.89. The second-order valence-electron chi connectivity index (χ2n) is 4.26. The molecule has 1 saturated heterocycles. The molecule has 2 N–H and O–H groups in total. The lowest BCUT2D eigenvalue weighted by Gasteiger charge is -2.17. The normalized spacial score (nSPS) is 25.3. The van der Waals surface area contributed by atoms with Gasteiger partial charge in [0.25, 0.3) is 0 Å². The van der Waals surface area contributed by atoms with E-state index in [0.29, 0.717) is 12.0 Å². The van der Waals surface area contributed by atoms with E-state index in [1.807, 2.05) is 18.2 Å². The Balaban J connectivity index is 2.18. The monoisotopic (exact) mass is 217 g/mol. The Labute approximate surface area is 94.0 Å². The zero-order valence-electron chi connectivity index (χ0n) is 9.26. The largest absolute Gasteiger partial charge is 0.376 e. The van der Waals surface area contributed by atoms with Crippen molar-refractivity contribution in [2.75, 3.05) is 12.3 Å². The van der Waals surface area contributed by atoms with Crippen LogP contribution in [-0.2, 0) is 4.74 Å². The van der Waals surface area contributed by atoms with Crippen LogP contribution in [0.3, 0.4) is 0 Å². The van der Waals surface area contributed by atoms with Gasteiger partial charge in [-0.3, -0.25) is 0 Å². The Bertz CT molecular complexity index is 520. The second kappa shape index (κ2) is 3.49. The molecular weight excluding hydrogens is 202 g/mol. The molecule has 2 heterocycles. The molecule has 16 heavy (non-hydrogen) atoms. The molecular formula is C12H15N3O. The molecule has 1 aromatic carbocycles. The molecule has 0 aliphatic carbocycles. The van der Waals surface area contributed by atoms with Gasteiger partial charge in [0.05, 0.1) is 23.2 Å². The Hall–Kier alpha value is -1.55. The lowest BCUT2D eigenvalue weighted by molar-refractivity contribution is 0.109. The number of hydrogen-bond donors (Lipinski definition) is 1. The van der Waals surface area contributed by atoms with Crippen LogP contribution < -0.4 is 5.73 Å². The minimum absolute atomic E-state index is 0.208. The van der Waals surface area contributed by atoms with E-state index in [9.17, 15) is 0 Å². The molecule has 0 amide bonds. The van der Waals surface area contributed by atoms with Gasteiger partial charge in [-0.2, -0.15) is 0 Å². The highest BCUT2D eigenvalue weighted by molar-refractivity contribution is 5.78. The molecule has 2 unspecified atom stereocenters. The van der Waals surface area contributed by atoms with Gasteiger partial charge in [-0.25, -0.2) is 4.98 Å². The van der Waals surface area contributed by atoms with Gasteiger partial charge in [0.1, 0.15) is 0 Å². The molecule has 0 spiro atoms. The third kappa shape index (κ3) is 1.30. The number of aromatic nitrogens is 2. The van der Waals surface area contributed by atoms with Crippen molar-refractivity contribution in [1.82, 2.24) is 9.55 Å². The number of nitrogen functional groups attached to an aromatic ring is 1. The lowest BCUT2D eigenvalue weighted by Crippen LogP contribution is -2.18. The number of ether oxygens (including phenoxy) is 1. The maximum Gasteiger partial charge on any atom is 0.201 e. The van der Waals surface area contributed by atoms with Gasteiger partial charge in [0.2, 0.25) is 5.95 Å². The van der Waals surface area contributed by atoms with Crippen molar-refractivity contribution in [2.24, 2.45) is 0 Å². The number of fused-ring (bicyclic) bond motifs is 1. The molecule has 4 heteroatoms. The van der Waals surface area contributed by atoms with Gasteiger partial charge < -0.3 is 15.0 Å². The molecule has 1 aliphatic rings. The molecule has 1 fully saturated rings. The molecule has 3 rings (SSSR count). The summed E-state index contributed by atoms with van der Waals surface area (Å²) >= 11 is 0. The average molecular weight is 217 g/mol. The standard InChI is InChI=1S/C12H15N3O/c1-8-10(6-7-16-8)15-11-5-3-2-4-9(11)14-12(15)13/h2-5,8,10H,6-7H2,1H3,(H2,13,14). The van der Waals surface area contributed by atoms with E-state index in [2.05, 4.69) is 22.5 Å². The van der Waals surface area contributed by atoms with E-state index in [0.717, 1.165) is 24.1 Å². The topological polar surface area (TPSA) is 53.1 Å². The zero-order valence-corrected chi connectivity index (χ0v) is 9.26. The molecule has 84 valence electrons. The first kappa shape index (κ1) is 9.66. The molecule has 4 nitrogen and oxygen atoms in total. The molecule has 1 aliphatic heterocycles. The van der Waals surface area contributed by atoms with Crippen LogP contribution in [0.1, 0.15) is 19.4 Å². The van der Waals surface area contributed by atoms with Crippen LogP contribution in [-0.4, -0.2) is 22.3 Å². The predicted octanol–water partition coefficient (Wildman–Crippen LogP) is 1.97. The van der Waals surface area contributed by atoms with E-state index < -0.39 is 0 Å². The van der Waals surface area contributed by atoms with Gasteiger partial charge in [0.15, 0.2) is 0 Å². The zero-order chi connectivity index (χ0) is 11.1. The number of imidazole rings is 1. The van der Waals surface area contributed by atoms with Crippen molar-refractivity contribution < 1.29 is 4.74 Å².